The van der Waals surface area contributed by atoms with E-state index in [0.29, 0.717) is 34.7 Å². The second-order valence-corrected chi connectivity index (χ2v) is 12.4. The van der Waals surface area contributed by atoms with Crippen molar-refractivity contribution in [1.29, 1.82) is 0 Å². The molecule has 1 atom stereocenters. The number of nitrogens with one attached hydrogen (secondary N) is 3. The van der Waals surface area contributed by atoms with Crippen molar-refractivity contribution in [2.75, 3.05) is 19.3 Å². The van der Waals surface area contributed by atoms with Crippen molar-refractivity contribution in [2.45, 2.75) is 38.9 Å². The number of halogens is 3. The molecule has 2 aromatic carbocycles. The Balaban J connectivity index is 1.80. The van der Waals surface area contributed by atoms with Crippen LogP contribution in [0.15, 0.2) is 35.3 Å². The average molecular weight is 633 g/mol. The van der Waals surface area contributed by atoms with Gasteiger partial charge >= 0.3 is 5.97 Å². The number of aliphatic carboxylic acids is 1. The van der Waals surface area contributed by atoms with Gasteiger partial charge in [0.2, 0.25) is 16.0 Å². The number of hydrogen-bond acceptors (Lipinski definition) is 6. The van der Waals surface area contributed by atoms with E-state index in [4.69, 9.17) is 34.8 Å². The molecular weight excluding hydrogens is 605 g/mol. The van der Waals surface area contributed by atoms with Crippen LogP contribution in [0.3, 0.4) is 0 Å². The fraction of sp³-hybridized carbons (Fsp3) is 0.360. The van der Waals surface area contributed by atoms with Gasteiger partial charge in [-0.05, 0) is 61.7 Å². The first-order chi connectivity index (χ1) is 18.7. The Labute approximate surface area is 246 Å². The summed E-state index contributed by atoms with van der Waals surface area (Å²) >= 11 is 18.9. The molecule has 0 bridgehead atoms. The predicted molar refractivity (Wildman–Crippen MR) is 154 cm³/mol. The van der Waals surface area contributed by atoms with Crippen LogP contribution >= 0.6 is 34.8 Å². The number of rotatable bonds is 8. The zero-order valence-corrected chi connectivity index (χ0v) is 24.9. The first kappa shape index (κ1) is 31.5. The van der Waals surface area contributed by atoms with Crippen LogP contribution in [0.1, 0.15) is 45.7 Å². The molecule has 0 unspecified atom stereocenters. The number of carbonyl (C=O) groups excluding carboxylic acids is 2. The van der Waals surface area contributed by atoms with Gasteiger partial charge in [-0.3, -0.25) is 14.3 Å². The van der Waals surface area contributed by atoms with E-state index in [-0.39, 0.29) is 40.1 Å². The van der Waals surface area contributed by atoms with Gasteiger partial charge in [0.1, 0.15) is 6.04 Å². The van der Waals surface area contributed by atoms with Crippen LogP contribution < -0.4 is 15.4 Å². The Morgan fingerprint density at radius 1 is 1.10 bits per heavy atom. The number of amides is 2. The van der Waals surface area contributed by atoms with Crippen molar-refractivity contribution in [3.05, 3.63) is 67.7 Å². The van der Waals surface area contributed by atoms with Gasteiger partial charge in [0.25, 0.3) is 11.8 Å². The number of carboxylic acids is 1. The van der Waals surface area contributed by atoms with Gasteiger partial charge in [-0.2, -0.15) is 0 Å². The first-order valence-corrected chi connectivity index (χ1v) is 15.1. The van der Waals surface area contributed by atoms with E-state index in [2.05, 4.69) is 20.3 Å². The molecular formula is C25H28Cl3N5O6S. The minimum Gasteiger partial charge on any atom is -0.480 e. The topological polar surface area (TPSA) is 157 Å². The van der Waals surface area contributed by atoms with Crippen LogP contribution in [0.2, 0.25) is 15.1 Å². The highest BCUT2D eigenvalue weighted by Crippen LogP contribution is 2.35. The standard InChI is InChI=1S/C25H28Cl3N5O6S/c1-13(2)30-25(32-40(3,38)39)29-11-19(24(36)37)31-22(34)20-18(27)10-15-12-33(9-8-17(15)21(20)28)23(35)14-4-6-16(26)7-5-14/h4-7,10,13,19H,8-9,11-12H2,1-3H3,(H,31,34)(H,36,37)(H2,29,30,32)/t19-/m0/s1. The van der Waals surface area contributed by atoms with E-state index in [1.54, 1.807) is 43.0 Å². The second-order valence-electron chi connectivity index (χ2n) is 9.40. The molecule has 216 valence electrons. The maximum atomic E-state index is 13.1. The molecule has 40 heavy (non-hydrogen) atoms. The van der Waals surface area contributed by atoms with E-state index >= 15 is 0 Å². The zero-order valence-electron chi connectivity index (χ0n) is 21.8. The second kappa shape index (κ2) is 13.1. The number of aliphatic imine (C=N–C) groups is 1. The summed E-state index contributed by atoms with van der Waals surface area (Å²) in [6, 6.07) is 6.33. The van der Waals surface area contributed by atoms with Gasteiger partial charge in [0.15, 0.2) is 0 Å². The van der Waals surface area contributed by atoms with E-state index < -0.39 is 34.5 Å². The summed E-state index contributed by atoms with van der Waals surface area (Å²) in [7, 11) is -3.69. The third-order valence-electron chi connectivity index (χ3n) is 5.75. The molecule has 15 heteroatoms. The van der Waals surface area contributed by atoms with Crippen LogP contribution in [0.4, 0.5) is 0 Å². The molecule has 4 N–H and O–H groups in total. The minimum atomic E-state index is -3.69. The summed E-state index contributed by atoms with van der Waals surface area (Å²) in [5.74, 6) is -2.60. The SMILES string of the molecule is CC(C)NC(=NC[C@H](NC(=O)c1c(Cl)cc2c(c1Cl)CCN(C(=O)c1ccc(Cl)cc1)C2)C(=O)O)NS(C)(=O)=O. The van der Waals surface area contributed by atoms with Crippen LogP contribution in [-0.2, 0) is 27.8 Å². The number of carbonyl (C=O) groups is 3. The van der Waals surface area contributed by atoms with Crippen molar-refractivity contribution in [1.82, 2.24) is 20.3 Å². The summed E-state index contributed by atoms with van der Waals surface area (Å²) in [5.41, 5.74) is 1.66. The summed E-state index contributed by atoms with van der Waals surface area (Å²) in [6.45, 7) is 3.54. The van der Waals surface area contributed by atoms with Gasteiger partial charge < -0.3 is 20.6 Å². The summed E-state index contributed by atoms with van der Waals surface area (Å²) < 4.78 is 25.4. The Kier molecular flexibility index (Phi) is 10.3. The van der Waals surface area contributed by atoms with E-state index in [9.17, 15) is 27.9 Å². The van der Waals surface area contributed by atoms with Crippen molar-refractivity contribution >= 4 is 68.6 Å². The molecule has 0 spiro atoms. The third-order valence-corrected chi connectivity index (χ3v) is 7.28. The molecule has 3 rings (SSSR count). The number of fused-ring (bicyclic) bond motifs is 1. The predicted octanol–water partition coefficient (Wildman–Crippen LogP) is 2.93. The van der Waals surface area contributed by atoms with E-state index in [1.165, 1.54) is 6.07 Å². The fourth-order valence-electron chi connectivity index (χ4n) is 3.96. The van der Waals surface area contributed by atoms with Gasteiger partial charge in [-0.25, -0.2) is 18.2 Å². The molecule has 1 heterocycles. The van der Waals surface area contributed by atoms with E-state index in [1.807, 2.05) is 0 Å². The molecule has 0 saturated heterocycles. The quantitative estimate of drug-likeness (QED) is 0.257. The summed E-state index contributed by atoms with van der Waals surface area (Å²) in [6.07, 6.45) is 1.27. The third kappa shape index (κ3) is 8.23. The highest BCUT2D eigenvalue weighted by Gasteiger charge is 2.29. The average Bonchev–Trinajstić information content (AvgIpc) is 2.84. The van der Waals surface area contributed by atoms with Gasteiger partial charge in [0.05, 0.1) is 28.4 Å². The lowest BCUT2D eigenvalue weighted by molar-refractivity contribution is -0.138. The Morgan fingerprint density at radius 2 is 1.75 bits per heavy atom. The van der Waals surface area contributed by atoms with Gasteiger partial charge in [-0.15, -0.1) is 0 Å². The summed E-state index contributed by atoms with van der Waals surface area (Å²) in [4.78, 5) is 43.6. The molecule has 0 aromatic heterocycles. The van der Waals surface area contributed by atoms with Crippen molar-refractivity contribution in [3.8, 4) is 0 Å². The van der Waals surface area contributed by atoms with Crippen LogP contribution in [0, 0.1) is 0 Å². The Bertz CT molecular complexity index is 1450. The van der Waals surface area contributed by atoms with Crippen LogP contribution in [-0.4, -0.2) is 73.6 Å². The molecule has 1 aliphatic rings. The maximum Gasteiger partial charge on any atom is 0.328 e. The van der Waals surface area contributed by atoms with Gasteiger partial charge in [-0.1, -0.05) is 34.8 Å². The molecule has 2 aromatic rings. The lowest BCUT2D eigenvalue weighted by Crippen LogP contribution is -2.46. The smallest absolute Gasteiger partial charge is 0.328 e. The first-order valence-electron chi connectivity index (χ1n) is 12.0. The van der Waals surface area contributed by atoms with Crippen molar-refractivity contribution in [3.63, 3.8) is 0 Å². The number of hydrogen-bond donors (Lipinski definition) is 4. The molecule has 1 aliphatic heterocycles. The molecule has 0 radical (unpaired) electrons. The number of guanidine groups is 1. The van der Waals surface area contributed by atoms with Crippen LogP contribution in [0.25, 0.3) is 0 Å². The van der Waals surface area contributed by atoms with Crippen LogP contribution in [0.5, 0.6) is 0 Å². The largest absolute Gasteiger partial charge is 0.480 e. The highest BCUT2D eigenvalue weighted by molar-refractivity contribution is 7.89. The fourth-order valence-corrected chi connectivity index (χ4v) is 5.33. The summed E-state index contributed by atoms with van der Waals surface area (Å²) in [5, 5.41) is 15.3. The zero-order chi connectivity index (χ0) is 29.8. The lowest BCUT2D eigenvalue weighted by Gasteiger charge is -2.30. The van der Waals surface area contributed by atoms with Gasteiger partial charge in [0, 0.05) is 29.7 Å². The Morgan fingerprint density at radius 3 is 2.33 bits per heavy atom. The number of benzene rings is 2. The van der Waals surface area contributed by atoms with E-state index in [0.717, 1.165) is 6.26 Å². The molecule has 0 saturated carbocycles. The number of carboxylic acid groups (broad SMARTS) is 1. The minimum absolute atomic E-state index is 0.0180. The number of sulfonamides is 1. The molecule has 0 fully saturated rings. The normalized spacial score (nSPS) is 14.4. The number of nitrogens with zero attached hydrogens (tertiary/aromatic N) is 2. The molecule has 11 nitrogen and oxygen atoms in total. The monoisotopic (exact) mass is 631 g/mol. The Hall–Kier alpha value is -3.06. The lowest BCUT2D eigenvalue weighted by atomic mass is 9.96. The van der Waals surface area contributed by atoms with Crippen molar-refractivity contribution < 1.29 is 27.9 Å². The molecule has 2 amide bonds. The maximum absolute atomic E-state index is 13.1. The molecule has 0 aliphatic carbocycles. The van der Waals surface area contributed by atoms with Crippen molar-refractivity contribution in [2.24, 2.45) is 4.99 Å². The highest BCUT2D eigenvalue weighted by atomic mass is 35.5.